The van der Waals surface area contributed by atoms with Gasteiger partial charge in [0.2, 0.25) is 10.0 Å². The molecule has 0 atom stereocenters. The number of halogens is 1. The van der Waals surface area contributed by atoms with Crippen molar-refractivity contribution in [3.8, 4) is 5.75 Å². The molecule has 1 aromatic rings. The molecular weight excluding hydrogens is 257 g/mol. The third-order valence-corrected chi connectivity index (χ3v) is 4.44. The first-order valence-electron chi connectivity index (χ1n) is 5.59. The Morgan fingerprint density at radius 1 is 1.39 bits per heavy atom. The molecule has 0 saturated heterocycles. The summed E-state index contributed by atoms with van der Waals surface area (Å²) in [5, 5.41) is 0. The highest BCUT2D eigenvalue weighted by atomic mass is 32.2. The summed E-state index contributed by atoms with van der Waals surface area (Å²) in [6.07, 6.45) is 0.595. The van der Waals surface area contributed by atoms with Gasteiger partial charge in [0.1, 0.15) is 16.5 Å². The molecule has 0 radical (unpaired) electrons. The maximum atomic E-state index is 13.6. The largest absolute Gasteiger partial charge is 0.497 e. The molecule has 0 unspecified atom stereocenters. The maximum absolute atomic E-state index is 13.6. The molecule has 4 nitrogen and oxygen atoms in total. The van der Waals surface area contributed by atoms with E-state index in [2.05, 4.69) is 4.72 Å². The average Bonchev–Trinajstić information content (AvgIpc) is 2.28. The lowest BCUT2D eigenvalue weighted by Gasteiger charge is -2.24. The van der Waals surface area contributed by atoms with E-state index in [1.165, 1.54) is 19.2 Å². The highest BCUT2D eigenvalue weighted by Crippen LogP contribution is 2.22. The lowest BCUT2D eigenvalue weighted by molar-refractivity contribution is 0.409. The lowest BCUT2D eigenvalue weighted by atomic mass is 10.0. The molecule has 102 valence electrons. The Morgan fingerprint density at radius 2 is 2.00 bits per heavy atom. The van der Waals surface area contributed by atoms with Crippen LogP contribution in [0.5, 0.6) is 5.75 Å². The van der Waals surface area contributed by atoms with Gasteiger partial charge in [-0.15, -0.1) is 0 Å². The molecule has 0 aliphatic heterocycles. The predicted molar refractivity (Wildman–Crippen MR) is 67.6 cm³/mol. The molecule has 1 N–H and O–H groups in total. The second-order valence-corrected chi connectivity index (χ2v) is 6.29. The fourth-order valence-electron chi connectivity index (χ4n) is 1.31. The Morgan fingerprint density at radius 3 is 2.50 bits per heavy atom. The maximum Gasteiger partial charge on any atom is 0.244 e. The molecule has 1 aromatic carbocycles. The van der Waals surface area contributed by atoms with E-state index in [0.29, 0.717) is 12.2 Å². The summed E-state index contributed by atoms with van der Waals surface area (Å²) in [5.41, 5.74) is -0.631. The van der Waals surface area contributed by atoms with Crippen LogP contribution in [-0.2, 0) is 10.0 Å². The van der Waals surface area contributed by atoms with Crippen molar-refractivity contribution in [1.29, 1.82) is 0 Å². The molecule has 0 spiro atoms. The van der Waals surface area contributed by atoms with Crippen molar-refractivity contribution in [2.24, 2.45) is 0 Å². The van der Waals surface area contributed by atoms with Gasteiger partial charge in [0, 0.05) is 11.6 Å². The van der Waals surface area contributed by atoms with Gasteiger partial charge < -0.3 is 4.74 Å². The van der Waals surface area contributed by atoms with Crippen LogP contribution in [0.4, 0.5) is 4.39 Å². The van der Waals surface area contributed by atoms with Crippen LogP contribution < -0.4 is 9.46 Å². The van der Waals surface area contributed by atoms with Crippen LogP contribution in [0.25, 0.3) is 0 Å². The van der Waals surface area contributed by atoms with Gasteiger partial charge in [0.15, 0.2) is 0 Å². The van der Waals surface area contributed by atoms with Gasteiger partial charge >= 0.3 is 0 Å². The summed E-state index contributed by atoms with van der Waals surface area (Å²) in [6, 6.07) is 3.62. The van der Waals surface area contributed by atoms with Crippen LogP contribution in [-0.4, -0.2) is 21.1 Å². The highest BCUT2D eigenvalue weighted by Gasteiger charge is 2.27. The number of nitrogens with one attached hydrogen (secondary N) is 1. The van der Waals surface area contributed by atoms with Crippen molar-refractivity contribution >= 4 is 10.0 Å². The van der Waals surface area contributed by atoms with Crippen LogP contribution in [0.2, 0.25) is 0 Å². The monoisotopic (exact) mass is 275 g/mol. The van der Waals surface area contributed by atoms with Gasteiger partial charge in [-0.05, 0) is 32.4 Å². The van der Waals surface area contributed by atoms with Crippen molar-refractivity contribution in [3.05, 3.63) is 24.0 Å². The van der Waals surface area contributed by atoms with Crippen molar-refractivity contribution in [2.45, 2.75) is 37.6 Å². The molecule has 18 heavy (non-hydrogen) atoms. The number of ether oxygens (including phenoxy) is 1. The summed E-state index contributed by atoms with van der Waals surface area (Å²) < 4.78 is 45.2. The summed E-state index contributed by atoms with van der Waals surface area (Å²) in [4.78, 5) is -0.400. The molecule has 0 bridgehead atoms. The topological polar surface area (TPSA) is 55.4 Å². The first kappa shape index (κ1) is 14.9. The van der Waals surface area contributed by atoms with E-state index in [0.717, 1.165) is 6.07 Å². The van der Waals surface area contributed by atoms with Crippen molar-refractivity contribution in [2.75, 3.05) is 7.11 Å². The third kappa shape index (κ3) is 3.43. The van der Waals surface area contributed by atoms with E-state index < -0.39 is 26.3 Å². The first-order chi connectivity index (χ1) is 8.22. The summed E-state index contributed by atoms with van der Waals surface area (Å²) in [5.74, 6) is -0.499. The van der Waals surface area contributed by atoms with Gasteiger partial charge in [-0.2, -0.15) is 0 Å². The number of rotatable bonds is 5. The number of sulfonamides is 1. The van der Waals surface area contributed by atoms with E-state index in [-0.39, 0.29) is 0 Å². The standard InChI is InChI=1S/C12H18FNO3S/c1-5-12(2,3)14-18(15,16)11-8-9(17-4)6-7-10(11)13/h6-8,14H,5H2,1-4H3. The molecule has 0 aliphatic carbocycles. The normalized spacial score (nSPS) is 12.5. The Balaban J connectivity index is 3.20. The second kappa shape index (κ2) is 5.24. The zero-order valence-corrected chi connectivity index (χ0v) is 11.8. The number of methoxy groups -OCH3 is 1. The van der Waals surface area contributed by atoms with E-state index in [4.69, 9.17) is 4.74 Å². The molecule has 0 fully saturated rings. The Kier molecular flexibility index (Phi) is 4.34. The number of hydrogen-bond donors (Lipinski definition) is 1. The fraction of sp³-hybridized carbons (Fsp3) is 0.500. The molecule has 0 aliphatic rings. The van der Waals surface area contributed by atoms with E-state index in [1.54, 1.807) is 13.8 Å². The molecule has 1 rings (SSSR count). The Bertz CT molecular complexity index is 526. The van der Waals surface area contributed by atoms with E-state index >= 15 is 0 Å². The Labute approximate surface area is 107 Å². The SMILES string of the molecule is CCC(C)(C)NS(=O)(=O)c1cc(OC)ccc1F. The van der Waals surface area contributed by atoms with Gasteiger partial charge in [0.25, 0.3) is 0 Å². The third-order valence-electron chi connectivity index (χ3n) is 2.72. The lowest BCUT2D eigenvalue weighted by Crippen LogP contribution is -2.42. The van der Waals surface area contributed by atoms with Gasteiger partial charge in [-0.3, -0.25) is 0 Å². The zero-order valence-electron chi connectivity index (χ0n) is 11.0. The minimum absolute atomic E-state index is 0.297. The van der Waals surface area contributed by atoms with Crippen LogP contribution in [0.3, 0.4) is 0 Å². The van der Waals surface area contributed by atoms with Crippen molar-refractivity contribution < 1.29 is 17.5 Å². The van der Waals surface area contributed by atoms with E-state index in [9.17, 15) is 12.8 Å². The van der Waals surface area contributed by atoms with Crippen molar-refractivity contribution in [1.82, 2.24) is 4.72 Å². The average molecular weight is 275 g/mol. The smallest absolute Gasteiger partial charge is 0.244 e. The molecular formula is C12H18FNO3S. The minimum Gasteiger partial charge on any atom is -0.497 e. The molecule has 0 heterocycles. The number of hydrogen-bond acceptors (Lipinski definition) is 3. The molecule has 0 aromatic heterocycles. The highest BCUT2D eigenvalue weighted by molar-refractivity contribution is 7.89. The molecule has 6 heteroatoms. The van der Waals surface area contributed by atoms with Gasteiger partial charge in [-0.1, -0.05) is 6.92 Å². The second-order valence-electron chi connectivity index (χ2n) is 4.64. The number of benzene rings is 1. The van der Waals surface area contributed by atoms with Crippen LogP contribution in [0, 0.1) is 5.82 Å². The first-order valence-corrected chi connectivity index (χ1v) is 7.07. The quantitative estimate of drug-likeness (QED) is 0.897. The summed E-state index contributed by atoms with van der Waals surface area (Å²) >= 11 is 0. The van der Waals surface area contributed by atoms with Crippen LogP contribution in [0.1, 0.15) is 27.2 Å². The Hall–Kier alpha value is -1.14. The minimum atomic E-state index is -3.90. The zero-order chi connectivity index (χ0) is 14.0. The predicted octanol–water partition coefficient (Wildman–Crippen LogP) is 2.30. The molecule has 0 amide bonds. The summed E-state index contributed by atoms with van der Waals surface area (Å²) in [6.45, 7) is 5.33. The van der Waals surface area contributed by atoms with Crippen molar-refractivity contribution in [3.63, 3.8) is 0 Å². The fourth-order valence-corrected chi connectivity index (χ4v) is 2.89. The van der Waals surface area contributed by atoms with Crippen LogP contribution >= 0.6 is 0 Å². The van der Waals surface area contributed by atoms with Crippen LogP contribution in [0.15, 0.2) is 23.1 Å². The summed E-state index contributed by atoms with van der Waals surface area (Å²) in [7, 11) is -2.50. The van der Waals surface area contributed by atoms with E-state index in [1.807, 2.05) is 6.92 Å². The van der Waals surface area contributed by atoms with Gasteiger partial charge in [0.05, 0.1) is 7.11 Å². The van der Waals surface area contributed by atoms with Gasteiger partial charge in [-0.25, -0.2) is 17.5 Å². The molecule has 0 saturated carbocycles.